The van der Waals surface area contributed by atoms with E-state index in [-0.39, 0.29) is 12.1 Å². The first kappa shape index (κ1) is 13.4. The Kier molecular flexibility index (Phi) is 3.37. The molecule has 0 spiro atoms. The van der Waals surface area contributed by atoms with E-state index in [1.54, 1.807) is 0 Å². The number of alkyl halides is 3. The van der Waals surface area contributed by atoms with Crippen LogP contribution in [0.15, 0.2) is 12.1 Å². The van der Waals surface area contributed by atoms with Crippen LogP contribution in [0.4, 0.5) is 23.2 Å². The number of rotatable bonds is 2. The summed E-state index contributed by atoms with van der Waals surface area (Å²) in [6.07, 6.45) is -5.28. The second-order valence-electron chi connectivity index (χ2n) is 2.87. The van der Waals surface area contributed by atoms with Crippen LogP contribution in [0.5, 0.6) is 0 Å². The van der Waals surface area contributed by atoms with Gasteiger partial charge in [-0.3, -0.25) is 14.9 Å². The van der Waals surface area contributed by atoms with Crippen molar-refractivity contribution in [1.82, 2.24) is 0 Å². The second kappa shape index (κ2) is 4.28. The first-order valence-electron chi connectivity index (χ1n) is 3.89. The van der Waals surface area contributed by atoms with Crippen LogP contribution in [0, 0.1) is 15.9 Å². The summed E-state index contributed by atoms with van der Waals surface area (Å²) in [6, 6.07) is 0.451. The summed E-state index contributed by atoms with van der Waals surface area (Å²) in [6.45, 7) is 0. The van der Waals surface area contributed by atoms with Crippen molar-refractivity contribution in [2.24, 2.45) is 0 Å². The van der Waals surface area contributed by atoms with Gasteiger partial charge in [-0.1, -0.05) is 11.6 Å². The number of ketones is 1. The number of nitro benzene ring substituents is 1. The van der Waals surface area contributed by atoms with E-state index in [0.29, 0.717) is 0 Å². The Bertz CT molecular complexity index is 500. The van der Waals surface area contributed by atoms with E-state index < -0.39 is 39.0 Å². The van der Waals surface area contributed by atoms with Crippen LogP contribution in [0.2, 0.25) is 5.02 Å². The van der Waals surface area contributed by atoms with Crippen LogP contribution in [-0.4, -0.2) is 16.9 Å². The zero-order valence-corrected chi connectivity index (χ0v) is 8.47. The maximum atomic E-state index is 13.1. The molecule has 0 saturated heterocycles. The summed E-state index contributed by atoms with van der Waals surface area (Å²) in [5.74, 6) is -4.10. The Hall–Kier alpha value is -1.70. The van der Waals surface area contributed by atoms with Gasteiger partial charge in [-0.2, -0.15) is 13.2 Å². The van der Waals surface area contributed by atoms with E-state index >= 15 is 0 Å². The molecule has 0 radical (unpaired) electrons. The lowest BCUT2D eigenvalue weighted by Gasteiger charge is -2.06. The molecule has 0 atom stereocenters. The number of hydrogen-bond acceptors (Lipinski definition) is 3. The van der Waals surface area contributed by atoms with Gasteiger partial charge in [-0.25, -0.2) is 4.39 Å². The normalized spacial score (nSPS) is 11.4. The quantitative estimate of drug-likeness (QED) is 0.359. The van der Waals surface area contributed by atoms with Gasteiger partial charge in [0.15, 0.2) is 0 Å². The standard InChI is InChI=1S/C8H2ClF4NO3/c9-4-1-3(7(15)8(11,12)13)5(10)2-6(4)14(16)17/h1-2H. The van der Waals surface area contributed by atoms with Gasteiger partial charge in [0.05, 0.1) is 16.6 Å². The molecule has 0 aromatic heterocycles. The minimum absolute atomic E-state index is 0.168. The number of carbonyl (C=O) groups excluding carboxylic acids is 1. The Morgan fingerprint density at radius 2 is 1.88 bits per heavy atom. The predicted octanol–water partition coefficient (Wildman–Crippen LogP) is 3.13. The number of halogens is 5. The maximum Gasteiger partial charge on any atom is 0.454 e. The molecule has 17 heavy (non-hydrogen) atoms. The molecule has 0 heterocycles. The number of hydrogen-bond donors (Lipinski definition) is 0. The Morgan fingerprint density at radius 3 is 2.29 bits per heavy atom. The van der Waals surface area contributed by atoms with Gasteiger partial charge in [0.1, 0.15) is 10.8 Å². The Labute approximate surface area is 95.9 Å². The van der Waals surface area contributed by atoms with Crippen molar-refractivity contribution in [3.05, 3.63) is 38.7 Å². The summed E-state index contributed by atoms with van der Waals surface area (Å²) in [7, 11) is 0. The van der Waals surface area contributed by atoms with E-state index in [4.69, 9.17) is 11.6 Å². The van der Waals surface area contributed by atoms with Crippen LogP contribution in [0.3, 0.4) is 0 Å². The highest BCUT2D eigenvalue weighted by Gasteiger charge is 2.41. The molecule has 0 N–H and O–H groups in total. The number of nitrogens with zero attached hydrogens (tertiary/aromatic N) is 1. The minimum atomic E-state index is -5.28. The molecule has 0 saturated carbocycles. The summed E-state index contributed by atoms with van der Waals surface area (Å²) in [5.41, 5.74) is -2.27. The number of nitro groups is 1. The van der Waals surface area contributed by atoms with Crippen LogP contribution >= 0.6 is 11.6 Å². The number of Topliss-reactive ketones (excluding diaryl/α,β-unsaturated/α-hetero) is 1. The minimum Gasteiger partial charge on any atom is -0.284 e. The lowest BCUT2D eigenvalue weighted by Crippen LogP contribution is -2.23. The highest BCUT2D eigenvalue weighted by atomic mass is 35.5. The predicted molar refractivity (Wildman–Crippen MR) is 48.4 cm³/mol. The third-order valence-electron chi connectivity index (χ3n) is 1.74. The molecule has 92 valence electrons. The molecule has 1 aromatic carbocycles. The third-order valence-corrected chi connectivity index (χ3v) is 2.04. The van der Waals surface area contributed by atoms with Crippen molar-refractivity contribution in [3.63, 3.8) is 0 Å². The smallest absolute Gasteiger partial charge is 0.284 e. The fourth-order valence-electron chi connectivity index (χ4n) is 1.00. The molecule has 0 amide bonds. The Morgan fingerprint density at radius 1 is 1.35 bits per heavy atom. The van der Waals surface area contributed by atoms with E-state index in [2.05, 4.69) is 0 Å². The van der Waals surface area contributed by atoms with Crippen molar-refractivity contribution >= 4 is 23.1 Å². The molecule has 1 aromatic rings. The highest BCUT2D eigenvalue weighted by Crippen LogP contribution is 2.30. The zero-order valence-electron chi connectivity index (χ0n) is 7.72. The van der Waals surface area contributed by atoms with Crippen molar-refractivity contribution in [1.29, 1.82) is 0 Å². The summed E-state index contributed by atoms with van der Waals surface area (Å²) in [5, 5.41) is 9.55. The van der Waals surface area contributed by atoms with Gasteiger partial charge in [0.25, 0.3) is 11.5 Å². The fraction of sp³-hybridized carbons (Fsp3) is 0.125. The molecule has 0 fully saturated rings. The van der Waals surface area contributed by atoms with Crippen molar-refractivity contribution in [3.8, 4) is 0 Å². The van der Waals surface area contributed by atoms with Crippen LogP contribution in [0.1, 0.15) is 10.4 Å². The third kappa shape index (κ3) is 2.70. The maximum absolute atomic E-state index is 13.1. The monoisotopic (exact) mass is 271 g/mol. The number of carbonyl (C=O) groups is 1. The van der Waals surface area contributed by atoms with E-state index in [1.807, 2.05) is 0 Å². The van der Waals surface area contributed by atoms with Crippen LogP contribution in [0.25, 0.3) is 0 Å². The van der Waals surface area contributed by atoms with E-state index in [0.717, 1.165) is 0 Å². The van der Waals surface area contributed by atoms with Crippen molar-refractivity contribution < 1.29 is 27.3 Å². The summed E-state index contributed by atoms with van der Waals surface area (Å²) >= 11 is 5.26. The lowest BCUT2D eigenvalue weighted by molar-refractivity contribution is -0.384. The molecule has 0 aliphatic heterocycles. The van der Waals surface area contributed by atoms with Gasteiger partial charge < -0.3 is 0 Å². The number of benzene rings is 1. The SMILES string of the molecule is O=C(c1cc(Cl)c([N+](=O)[O-])cc1F)C(F)(F)F. The first-order valence-corrected chi connectivity index (χ1v) is 4.27. The van der Waals surface area contributed by atoms with Gasteiger partial charge in [-0.15, -0.1) is 0 Å². The van der Waals surface area contributed by atoms with Gasteiger partial charge in [-0.05, 0) is 6.07 Å². The van der Waals surface area contributed by atoms with Gasteiger partial charge in [0.2, 0.25) is 0 Å². The molecule has 0 aliphatic rings. The second-order valence-corrected chi connectivity index (χ2v) is 3.27. The molecule has 0 bridgehead atoms. The molecule has 0 aliphatic carbocycles. The summed E-state index contributed by atoms with van der Waals surface area (Å²) in [4.78, 5) is 20.0. The summed E-state index contributed by atoms with van der Waals surface area (Å²) < 4.78 is 49.1. The molecular weight excluding hydrogens is 270 g/mol. The molecule has 1 rings (SSSR count). The van der Waals surface area contributed by atoms with E-state index in [9.17, 15) is 32.5 Å². The molecule has 9 heteroatoms. The van der Waals surface area contributed by atoms with Crippen LogP contribution in [-0.2, 0) is 0 Å². The van der Waals surface area contributed by atoms with E-state index in [1.165, 1.54) is 0 Å². The molecule has 4 nitrogen and oxygen atoms in total. The molecule has 0 unspecified atom stereocenters. The zero-order chi connectivity index (χ0) is 13.4. The van der Waals surface area contributed by atoms with Gasteiger partial charge in [0, 0.05) is 0 Å². The largest absolute Gasteiger partial charge is 0.454 e. The average molecular weight is 272 g/mol. The lowest BCUT2D eigenvalue weighted by atomic mass is 10.1. The van der Waals surface area contributed by atoms with Crippen LogP contribution < -0.4 is 0 Å². The average Bonchev–Trinajstić information content (AvgIpc) is 2.18. The van der Waals surface area contributed by atoms with Crippen molar-refractivity contribution in [2.45, 2.75) is 6.18 Å². The fourth-order valence-corrected chi connectivity index (χ4v) is 1.24. The highest BCUT2D eigenvalue weighted by molar-refractivity contribution is 6.33. The molecular formula is C8H2ClF4NO3. The van der Waals surface area contributed by atoms with Gasteiger partial charge >= 0.3 is 6.18 Å². The Balaban J connectivity index is 3.35. The van der Waals surface area contributed by atoms with Crippen molar-refractivity contribution in [2.75, 3.05) is 0 Å². The first-order chi connectivity index (χ1) is 7.64. The topological polar surface area (TPSA) is 60.2 Å².